The molecule has 4 aliphatic rings. The number of hydrogen-bond donors (Lipinski definition) is 3. The zero-order valence-electron chi connectivity index (χ0n) is 16.9. The van der Waals surface area contributed by atoms with Gasteiger partial charge in [-0.15, -0.1) is 0 Å². The maximum atomic E-state index is 12.8. The van der Waals surface area contributed by atoms with Gasteiger partial charge in [0.25, 0.3) is 0 Å². The molecule has 4 aliphatic heterocycles. The van der Waals surface area contributed by atoms with Crippen LogP contribution in [0.15, 0.2) is 30.3 Å². The minimum Gasteiger partial charge on any atom is -0.488 e. The van der Waals surface area contributed by atoms with Crippen molar-refractivity contribution in [1.82, 2.24) is 26.0 Å². The molecule has 1 aromatic rings. The van der Waals surface area contributed by atoms with Crippen LogP contribution in [0.1, 0.15) is 19.8 Å². The van der Waals surface area contributed by atoms with Crippen LogP contribution in [0.5, 0.6) is 5.75 Å². The zero-order valence-corrected chi connectivity index (χ0v) is 16.9. The van der Waals surface area contributed by atoms with Gasteiger partial charge in [0.15, 0.2) is 0 Å². The van der Waals surface area contributed by atoms with E-state index in [0.717, 1.165) is 44.9 Å². The summed E-state index contributed by atoms with van der Waals surface area (Å²) in [5.74, 6) is 1.01. The van der Waals surface area contributed by atoms with E-state index in [1.165, 1.54) is 0 Å². The number of benzene rings is 1. The average molecular weight is 402 g/mol. The second kappa shape index (κ2) is 8.20. The van der Waals surface area contributed by atoms with Gasteiger partial charge in [-0.2, -0.15) is 0 Å². The number of hydrazine groups is 1. The first-order valence-electron chi connectivity index (χ1n) is 10.8. The summed E-state index contributed by atoms with van der Waals surface area (Å²) >= 11 is 0. The number of amides is 1. The van der Waals surface area contributed by atoms with Crippen molar-refractivity contribution in [1.29, 1.82) is 0 Å². The van der Waals surface area contributed by atoms with Crippen LogP contribution in [0.25, 0.3) is 0 Å². The molecule has 1 aromatic carbocycles. The van der Waals surface area contributed by atoms with Crippen molar-refractivity contribution in [2.45, 2.75) is 50.3 Å². The van der Waals surface area contributed by atoms with E-state index in [4.69, 9.17) is 9.47 Å². The second-order valence-corrected chi connectivity index (χ2v) is 8.56. The van der Waals surface area contributed by atoms with E-state index in [9.17, 15) is 4.79 Å². The van der Waals surface area contributed by atoms with Gasteiger partial charge in [-0.25, -0.2) is 5.01 Å². The lowest BCUT2D eigenvalue weighted by Crippen LogP contribution is -2.72. The molecule has 0 spiro atoms. The van der Waals surface area contributed by atoms with Gasteiger partial charge < -0.3 is 14.8 Å². The van der Waals surface area contributed by atoms with Gasteiger partial charge in [0.1, 0.15) is 11.9 Å². The Bertz CT molecular complexity index is 708. The summed E-state index contributed by atoms with van der Waals surface area (Å²) in [5, 5.41) is 9.20. The van der Waals surface area contributed by atoms with Gasteiger partial charge in [-0.05, 0) is 31.9 Å². The Morgan fingerprint density at radius 1 is 1.17 bits per heavy atom. The molecular weight excluding hydrogens is 370 g/mol. The minimum atomic E-state index is -0.0661. The van der Waals surface area contributed by atoms with Gasteiger partial charge in [0.05, 0.1) is 18.2 Å². The third kappa shape index (κ3) is 3.87. The van der Waals surface area contributed by atoms with Gasteiger partial charge in [-0.3, -0.25) is 20.4 Å². The van der Waals surface area contributed by atoms with Crippen molar-refractivity contribution in [2.24, 2.45) is 5.92 Å². The molecule has 4 saturated heterocycles. The van der Waals surface area contributed by atoms with E-state index in [1.54, 1.807) is 0 Å². The molecule has 0 saturated carbocycles. The number of carbonyl (C=O) groups is 1. The highest BCUT2D eigenvalue weighted by Crippen LogP contribution is 2.27. The molecule has 4 fully saturated rings. The molecule has 1 amide bonds. The summed E-state index contributed by atoms with van der Waals surface area (Å²) in [6.07, 6.45) is 2.19. The van der Waals surface area contributed by atoms with Crippen LogP contribution in [0, 0.1) is 5.92 Å². The fraction of sp³-hybridized carbons (Fsp3) is 0.667. The molecule has 0 aliphatic carbocycles. The molecule has 3 N–H and O–H groups in total. The monoisotopic (exact) mass is 401 g/mol. The van der Waals surface area contributed by atoms with Crippen molar-refractivity contribution in [3.63, 3.8) is 0 Å². The van der Waals surface area contributed by atoms with Crippen LogP contribution in [-0.2, 0) is 9.53 Å². The third-order valence-corrected chi connectivity index (χ3v) is 6.72. The summed E-state index contributed by atoms with van der Waals surface area (Å²) in [7, 11) is 0. The quantitative estimate of drug-likeness (QED) is 0.647. The maximum Gasteiger partial charge on any atom is 0.228 e. The summed E-state index contributed by atoms with van der Waals surface area (Å²) in [5.41, 5.74) is 3.47. The fourth-order valence-electron chi connectivity index (χ4n) is 4.88. The standard InChI is InChI=1S/C21H31N5O3/c1-14(25-12-17(13-25)29-16-5-3-2-4-6-16)19-23-20-18(21(27)24-19)11-22-26(20)15-7-9-28-10-8-15/h2-6,14-15,17-20,22-23H,7-13H2,1H3,(H,24,27)/t14-,18?,19?,20?/m1/s1. The van der Waals surface area contributed by atoms with E-state index in [0.29, 0.717) is 12.6 Å². The lowest BCUT2D eigenvalue weighted by molar-refractivity contribution is -0.132. The fourth-order valence-corrected chi connectivity index (χ4v) is 4.88. The van der Waals surface area contributed by atoms with Crippen molar-refractivity contribution < 1.29 is 14.3 Å². The van der Waals surface area contributed by atoms with E-state index in [-0.39, 0.29) is 36.3 Å². The number of likely N-dealkylation sites (tertiary alicyclic amines) is 1. The van der Waals surface area contributed by atoms with Crippen molar-refractivity contribution >= 4 is 5.91 Å². The Morgan fingerprint density at radius 2 is 1.93 bits per heavy atom. The number of ether oxygens (including phenoxy) is 2. The molecule has 8 heteroatoms. The molecule has 0 radical (unpaired) electrons. The normalized spacial score (nSPS) is 33.0. The highest BCUT2D eigenvalue weighted by Gasteiger charge is 2.48. The van der Waals surface area contributed by atoms with Crippen LogP contribution >= 0.6 is 0 Å². The van der Waals surface area contributed by atoms with E-state index in [1.807, 2.05) is 30.3 Å². The summed E-state index contributed by atoms with van der Waals surface area (Å²) < 4.78 is 11.5. The highest BCUT2D eigenvalue weighted by atomic mass is 16.5. The largest absolute Gasteiger partial charge is 0.488 e. The lowest BCUT2D eigenvalue weighted by Gasteiger charge is -2.48. The number of nitrogens with one attached hydrogen (secondary N) is 3. The zero-order chi connectivity index (χ0) is 19.8. The van der Waals surface area contributed by atoms with E-state index >= 15 is 0 Å². The van der Waals surface area contributed by atoms with Gasteiger partial charge in [-0.1, -0.05) is 18.2 Å². The predicted molar refractivity (Wildman–Crippen MR) is 108 cm³/mol. The lowest BCUT2D eigenvalue weighted by atomic mass is 9.98. The van der Waals surface area contributed by atoms with Crippen molar-refractivity contribution in [3.05, 3.63) is 30.3 Å². The van der Waals surface area contributed by atoms with E-state index < -0.39 is 0 Å². The highest BCUT2D eigenvalue weighted by molar-refractivity contribution is 5.81. The molecule has 3 unspecified atom stereocenters. The van der Waals surface area contributed by atoms with Gasteiger partial charge >= 0.3 is 0 Å². The minimum absolute atomic E-state index is 0.0388. The smallest absolute Gasteiger partial charge is 0.228 e. The molecule has 4 atom stereocenters. The van der Waals surface area contributed by atoms with Gasteiger partial charge in [0.2, 0.25) is 5.91 Å². The molecule has 158 valence electrons. The number of fused-ring (bicyclic) bond motifs is 1. The number of para-hydroxylation sites is 1. The van der Waals surface area contributed by atoms with Crippen LogP contribution in [0.4, 0.5) is 0 Å². The summed E-state index contributed by atoms with van der Waals surface area (Å²) in [6.45, 7) is 6.21. The van der Waals surface area contributed by atoms with Crippen LogP contribution in [0.3, 0.4) is 0 Å². The van der Waals surface area contributed by atoms with Crippen LogP contribution < -0.4 is 20.8 Å². The summed E-state index contributed by atoms with van der Waals surface area (Å²) in [4.78, 5) is 15.1. The SMILES string of the molecule is C[C@H](C1NC(=O)C2CNN(C3CCOCC3)C2N1)N1CC(Oc2ccccc2)C1. The first-order chi connectivity index (χ1) is 14.2. The maximum absolute atomic E-state index is 12.8. The molecular formula is C21H31N5O3. The molecule has 8 nitrogen and oxygen atoms in total. The Balaban J connectivity index is 1.18. The summed E-state index contributed by atoms with van der Waals surface area (Å²) in [6, 6.07) is 10.6. The molecule has 0 bridgehead atoms. The molecule has 5 rings (SSSR count). The third-order valence-electron chi connectivity index (χ3n) is 6.72. The van der Waals surface area contributed by atoms with Crippen LogP contribution in [0.2, 0.25) is 0 Å². The first-order valence-corrected chi connectivity index (χ1v) is 10.8. The Kier molecular flexibility index (Phi) is 5.45. The Labute approximate surface area is 171 Å². The van der Waals surface area contributed by atoms with Crippen molar-refractivity contribution in [3.8, 4) is 5.75 Å². The first kappa shape index (κ1) is 19.3. The Morgan fingerprint density at radius 3 is 2.69 bits per heavy atom. The average Bonchev–Trinajstić information content (AvgIpc) is 3.16. The van der Waals surface area contributed by atoms with E-state index in [2.05, 4.69) is 32.9 Å². The molecule has 4 heterocycles. The number of rotatable bonds is 5. The molecule has 0 aromatic heterocycles. The topological polar surface area (TPSA) is 78.1 Å². The predicted octanol–water partition coefficient (Wildman–Crippen LogP) is 0.125. The number of hydrogen-bond acceptors (Lipinski definition) is 7. The van der Waals surface area contributed by atoms with Gasteiger partial charge in [0, 0.05) is 44.9 Å². The van der Waals surface area contributed by atoms with Crippen LogP contribution in [-0.4, -0.2) is 79.2 Å². The number of carbonyl (C=O) groups excluding carboxylic acids is 1. The molecule has 29 heavy (non-hydrogen) atoms. The Hall–Kier alpha value is -1.71. The number of nitrogens with zero attached hydrogens (tertiary/aromatic N) is 2. The second-order valence-electron chi connectivity index (χ2n) is 8.56. The van der Waals surface area contributed by atoms with Crippen molar-refractivity contribution in [2.75, 3.05) is 32.8 Å².